The maximum Gasteiger partial charge on any atom is 0.424 e. The van der Waals surface area contributed by atoms with E-state index in [-0.39, 0.29) is 0 Å². The molecule has 0 aliphatic heterocycles. The molecule has 2 nitrogen and oxygen atoms in total. The molecule has 0 saturated heterocycles. The zero-order valence-corrected chi connectivity index (χ0v) is 7.75. The van der Waals surface area contributed by atoms with Crippen molar-refractivity contribution in [2.75, 3.05) is 0 Å². The average Bonchev–Trinajstić information content (AvgIpc) is 2.25. The molecule has 1 unspecified atom stereocenters. The Balaban J connectivity index is 5.55. The number of hydrogen-bond donors (Lipinski definition) is 0. The van der Waals surface area contributed by atoms with Gasteiger partial charge < -0.3 is 0 Å². The quantitative estimate of drug-likeness (QED) is 0.729. The predicted octanol–water partition coefficient (Wildman–Crippen LogP) is 2.92. The highest BCUT2D eigenvalue weighted by molar-refractivity contribution is 5.78. The third-order valence-corrected chi connectivity index (χ3v) is 1.71. The standard InChI is InChI=1S/C6H2F10O2/c7-1(2(8)9)4(10,11)6(14,15)5(12,13)3(17)18-16/h1-2H. The maximum atomic E-state index is 12.5. The summed E-state index contributed by atoms with van der Waals surface area (Å²) in [6, 6.07) is 0. The molecular weight excluding hydrogens is 294 g/mol. The summed E-state index contributed by atoms with van der Waals surface area (Å²) in [5.41, 5.74) is 0. The lowest BCUT2D eigenvalue weighted by Gasteiger charge is -2.31. The van der Waals surface area contributed by atoms with Gasteiger partial charge in [0.15, 0.2) is 0 Å². The molecule has 0 spiro atoms. The number of hydrogen-bond acceptors (Lipinski definition) is 2. The van der Waals surface area contributed by atoms with Crippen LogP contribution in [0.15, 0.2) is 0 Å². The van der Waals surface area contributed by atoms with Crippen LogP contribution in [0.25, 0.3) is 0 Å². The second-order valence-electron chi connectivity index (χ2n) is 2.87. The summed E-state index contributed by atoms with van der Waals surface area (Å²) in [7, 11) is 0. The van der Waals surface area contributed by atoms with Crippen LogP contribution in [0.4, 0.5) is 44.0 Å². The predicted molar refractivity (Wildman–Crippen MR) is 32.9 cm³/mol. The van der Waals surface area contributed by atoms with Gasteiger partial charge in [-0.15, -0.1) is 0 Å². The summed E-state index contributed by atoms with van der Waals surface area (Å²) in [6.07, 6.45) is -9.73. The second-order valence-corrected chi connectivity index (χ2v) is 2.87. The van der Waals surface area contributed by atoms with Crippen molar-refractivity contribution in [3.63, 3.8) is 0 Å². The molecule has 0 aromatic heterocycles. The first-order chi connectivity index (χ1) is 7.84. The maximum absolute atomic E-state index is 12.5. The van der Waals surface area contributed by atoms with Crippen molar-refractivity contribution < 1.29 is 53.8 Å². The Bertz CT molecular complexity index is 313. The highest BCUT2D eigenvalue weighted by Crippen LogP contribution is 2.49. The van der Waals surface area contributed by atoms with Crippen LogP contribution in [0.2, 0.25) is 0 Å². The molecule has 18 heavy (non-hydrogen) atoms. The monoisotopic (exact) mass is 296 g/mol. The van der Waals surface area contributed by atoms with Crippen LogP contribution in [0, 0.1) is 0 Å². The van der Waals surface area contributed by atoms with E-state index in [9.17, 15) is 48.8 Å². The van der Waals surface area contributed by atoms with Crippen LogP contribution in [0.1, 0.15) is 0 Å². The average molecular weight is 296 g/mol. The molecule has 0 amide bonds. The Morgan fingerprint density at radius 1 is 0.944 bits per heavy atom. The Morgan fingerprint density at radius 3 is 1.61 bits per heavy atom. The van der Waals surface area contributed by atoms with Crippen LogP contribution in [0.3, 0.4) is 0 Å². The molecule has 1 atom stereocenters. The van der Waals surface area contributed by atoms with Crippen LogP contribution >= 0.6 is 0 Å². The Hall–Kier alpha value is -1.23. The van der Waals surface area contributed by atoms with Gasteiger partial charge in [-0.05, 0) is 0 Å². The number of alkyl halides is 9. The minimum absolute atomic E-state index is 1.62. The van der Waals surface area contributed by atoms with E-state index in [1.807, 2.05) is 0 Å². The lowest BCUT2D eigenvalue weighted by molar-refractivity contribution is -0.334. The SMILES string of the molecule is O=C(OF)C(F)(F)C(F)(F)C(F)(F)C(F)C(F)F. The molecule has 0 aliphatic carbocycles. The Labute approximate surface area is 91.4 Å². The fourth-order valence-corrected chi connectivity index (χ4v) is 0.717. The normalized spacial score (nSPS) is 15.7. The fraction of sp³-hybridized carbons (Fsp3) is 0.833. The minimum atomic E-state index is -6.92. The van der Waals surface area contributed by atoms with E-state index in [0.717, 1.165) is 0 Å². The van der Waals surface area contributed by atoms with Gasteiger partial charge in [-0.2, -0.15) is 26.3 Å². The van der Waals surface area contributed by atoms with Gasteiger partial charge in [0.25, 0.3) is 6.43 Å². The van der Waals surface area contributed by atoms with Gasteiger partial charge >= 0.3 is 23.7 Å². The third kappa shape index (κ3) is 2.32. The third-order valence-electron chi connectivity index (χ3n) is 1.71. The molecule has 0 fully saturated rings. The molecule has 0 N–H and O–H groups in total. The molecule has 0 aromatic rings. The molecule has 0 rings (SSSR count). The smallest absolute Gasteiger partial charge is 0.248 e. The number of rotatable bonds is 5. The van der Waals surface area contributed by atoms with Gasteiger partial charge in [0, 0.05) is 4.53 Å². The van der Waals surface area contributed by atoms with E-state index in [1.54, 1.807) is 4.94 Å². The Kier molecular flexibility index (Phi) is 4.47. The van der Waals surface area contributed by atoms with Crippen LogP contribution < -0.4 is 0 Å². The molecule has 108 valence electrons. The van der Waals surface area contributed by atoms with E-state index < -0.39 is 36.3 Å². The van der Waals surface area contributed by atoms with Crippen LogP contribution in [0.5, 0.6) is 0 Å². The van der Waals surface area contributed by atoms with Gasteiger partial charge in [0.05, 0.1) is 0 Å². The molecule has 0 radical (unpaired) electrons. The van der Waals surface area contributed by atoms with Crippen molar-refractivity contribution in [2.24, 2.45) is 0 Å². The van der Waals surface area contributed by atoms with Crippen molar-refractivity contribution in [3.8, 4) is 0 Å². The summed E-state index contributed by atoms with van der Waals surface area (Å²) in [6.45, 7) is 0. The highest BCUT2D eigenvalue weighted by atomic mass is 19.4. The molecule has 12 heteroatoms. The highest BCUT2D eigenvalue weighted by Gasteiger charge is 2.79. The van der Waals surface area contributed by atoms with Gasteiger partial charge in [-0.25, -0.2) is 22.9 Å². The van der Waals surface area contributed by atoms with Crippen molar-refractivity contribution in [1.29, 1.82) is 0 Å². The Morgan fingerprint density at radius 2 is 1.33 bits per heavy atom. The van der Waals surface area contributed by atoms with Gasteiger partial charge in [0.1, 0.15) is 0 Å². The summed E-state index contributed by atoms with van der Waals surface area (Å²) in [5.74, 6) is -23.9. The first kappa shape index (κ1) is 16.8. The second kappa shape index (κ2) is 4.80. The molecule has 0 aromatic carbocycles. The number of halogens is 10. The summed E-state index contributed by atoms with van der Waals surface area (Å²) in [5, 5.41) is 0. The lowest BCUT2D eigenvalue weighted by Crippen LogP contribution is -2.62. The largest absolute Gasteiger partial charge is 0.424 e. The van der Waals surface area contributed by atoms with Crippen molar-refractivity contribution in [1.82, 2.24) is 0 Å². The van der Waals surface area contributed by atoms with Crippen molar-refractivity contribution in [3.05, 3.63) is 0 Å². The molecule has 0 heterocycles. The molecule has 0 saturated carbocycles. The lowest BCUT2D eigenvalue weighted by atomic mass is 10.0. The summed E-state index contributed by atoms with van der Waals surface area (Å²) >= 11 is 0. The van der Waals surface area contributed by atoms with Crippen molar-refractivity contribution in [2.45, 2.75) is 30.4 Å². The first-order valence-corrected chi connectivity index (χ1v) is 3.72. The van der Waals surface area contributed by atoms with Crippen molar-refractivity contribution >= 4 is 5.97 Å². The van der Waals surface area contributed by atoms with Crippen LogP contribution in [-0.4, -0.2) is 36.3 Å². The number of carbonyl (C=O) groups excluding carboxylic acids is 1. The van der Waals surface area contributed by atoms with E-state index >= 15 is 0 Å². The molecule has 0 bridgehead atoms. The number of carbonyl (C=O) groups is 1. The topological polar surface area (TPSA) is 26.3 Å². The van der Waals surface area contributed by atoms with E-state index in [2.05, 4.69) is 0 Å². The summed E-state index contributed by atoms with van der Waals surface area (Å²) < 4.78 is 121. The zero-order valence-electron chi connectivity index (χ0n) is 7.75. The fourth-order valence-electron chi connectivity index (χ4n) is 0.717. The molecule has 0 aliphatic rings. The van der Waals surface area contributed by atoms with E-state index in [1.165, 1.54) is 0 Å². The molecular formula is C6H2F10O2. The first-order valence-electron chi connectivity index (χ1n) is 3.72. The minimum Gasteiger partial charge on any atom is -0.248 e. The van der Waals surface area contributed by atoms with E-state index in [4.69, 9.17) is 0 Å². The van der Waals surface area contributed by atoms with Gasteiger partial charge in [-0.1, -0.05) is 0 Å². The summed E-state index contributed by atoms with van der Waals surface area (Å²) in [4.78, 5) is 11.5. The van der Waals surface area contributed by atoms with Gasteiger partial charge in [-0.3, -0.25) is 0 Å². The van der Waals surface area contributed by atoms with E-state index in [0.29, 0.717) is 0 Å². The zero-order chi connectivity index (χ0) is 14.9. The van der Waals surface area contributed by atoms with Crippen LogP contribution in [-0.2, 0) is 9.74 Å². The van der Waals surface area contributed by atoms with Gasteiger partial charge in [0.2, 0.25) is 6.17 Å².